The molecular formula is C11H17ClN2O3S. The van der Waals surface area contributed by atoms with Gasteiger partial charge in [-0.15, -0.1) is 0 Å². The van der Waals surface area contributed by atoms with E-state index in [1.807, 2.05) is 0 Å². The predicted octanol–water partition coefficient (Wildman–Crippen LogP) is 1.85. The normalized spacial score (nSPS) is 18.2. The Bertz CT molecular complexity index is 533. The lowest BCUT2D eigenvalue weighted by Gasteiger charge is -2.22. The number of aryl methyl sites for hydroxylation is 1. The van der Waals surface area contributed by atoms with Crippen molar-refractivity contribution in [2.24, 2.45) is 5.92 Å². The van der Waals surface area contributed by atoms with Gasteiger partial charge in [0.2, 0.25) is 0 Å². The van der Waals surface area contributed by atoms with Crippen molar-refractivity contribution < 1.29 is 13.2 Å². The fraction of sp³-hybridized carbons (Fsp3) is 0.727. The largest absolute Gasteiger partial charge is 0.381 e. The Morgan fingerprint density at radius 1 is 1.39 bits per heavy atom. The summed E-state index contributed by atoms with van der Waals surface area (Å²) in [4.78, 5) is 0.149. The lowest BCUT2D eigenvalue weighted by atomic mass is 10.0. The molecule has 18 heavy (non-hydrogen) atoms. The molecule has 5 nitrogen and oxygen atoms in total. The zero-order chi connectivity index (χ0) is 13.3. The van der Waals surface area contributed by atoms with Gasteiger partial charge in [0.1, 0.15) is 4.90 Å². The van der Waals surface area contributed by atoms with Crippen LogP contribution >= 0.6 is 10.7 Å². The maximum absolute atomic E-state index is 11.5. The summed E-state index contributed by atoms with van der Waals surface area (Å²) in [6.07, 6.45) is 1.97. The first-order valence-electron chi connectivity index (χ1n) is 5.96. The van der Waals surface area contributed by atoms with Gasteiger partial charge >= 0.3 is 0 Å². The van der Waals surface area contributed by atoms with E-state index < -0.39 is 9.05 Å². The van der Waals surface area contributed by atoms with Crippen LogP contribution < -0.4 is 0 Å². The maximum atomic E-state index is 11.5. The van der Waals surface area contributed by atoms with Crippen LogP contribution in [-0.4, -0.2) is 31.4 Å². The molecular weight excluding hydrogens is 276 g/mol. The van der Waals surface area contributed by atoms with Crippen LogP contribution in [0.2, 0.25) is 0 Å². The molecule has 1 aliphatic rings. The van der Waals surface area contributed by atoms with Crippen molar-refractivity contribution in [3.8, 4) is 0 Å². The van der Waals surface area contributed by atoms with Crippen LogP contribution in [0.4, 0.5) is 0 Å². The zero-order valence-electron chi connectivity index (χ0n) is 10.5. The van der Waals surface area contributed by atoms with Gasteiger partial charge in [-0.25, -0.2) is 8.42 Å². The highest BCUT2D eigenvalue weighted by atomic mass is 35.7. The smallest absolute Gasteiger partial charge is 0.264 e. The summed E-state index contributed by atoms with van der Waals surface area (Å²) in [5.41, 5.74) is 1.09. The Morgan fingerprint density at radius 2 is 2.00 bits per heavy atom. The number of hydrogen-bond acceptors (Lipinski definition) is 4. The summed E-state index contributed by atoms with van der Waals surface area (Å²) >= 11 is 0. The van der Waals surface area contributed by atoms with Gasteiger partial charge in [-0.05, 0) is 32.6 Å². The quantitative estimate of drug-likeness (QED) is 0.798. The molecule has 1 fully saturated rings. The predicted molar refractivity (Wildman–Crippen MR) is 68.3 cm³/mol. The fourth-order valence-corrected chi connectivity index (χ4v) is 3.91. The van der Waals surface area contributed by atoms with Crippen LogP contribution in [-0.2, 0) is 20.3 Å². The molecule has 0 radical (unpaired) electrons. The second-order valence-corrected chi connectivity index (χ2v) is 7.18. The van der Waals surface area contributed by atoms with Crippen molar-refractivity contribution in [2.45, 2.75) is 38.1 Å². The Morgan fingerprint density at radius 3 is 2.50 bits per heavy atom. The van der Waals surface area contributed by atoms with Crippen LogP contribution in [0, 0.1) is 19.8 Å². The minimum Gasteiger partial charge on any atom is -0.381 e. The average Bonchev–Trinajstić information content (AvgIpc) is 2.54. The van der Waals surface area contributed by atoms with Gasteiger partial charge in [0.15, 0.2) is 0 Å². The van der Waals surface area contributed by atoms with E-state index >= 15 is 0 Å². The molecule has 1 aromatic rings. The third kappa shape index (κ3) is 2.87. The van der Waals surface area contributed by atoms with E-state index in [2.05, 4.69) is 5.10 Å². The molecule has 1 aliphatic heterocycles. The SMILES string of the molecule is Cc1nn(CC2CCOCC2)c(C)c1S(=O)(=O)Cl. The van der Waals surface area contributed by atoms with Crippen molar-refractivity contribution in [2.75, 3.05) is 13.2 Å². The van der Waals surface area contributed by atoms with E-state index in [0.29, 0.717) is 17.3 Å². The van der Waals surface area contributed by atoms with Crippen molar-refractivity contribution in [1.29, 1.82) is 0 Å². The third-order valence-electron chi connectivity index (χ3n) is 3.33. The topological polar surface area (TPSA) is 61.2 Å². The van der Waals surface area contributed by atoms with Gasteiger partial charge in [-0.3, -0.25) is 4.68 Å². The highest BCUT2D eigenvalue weighted by Crippen LogP contribution is 2.25. The lowest BCUT2D eigenvalue weighted by molar-refractivity contribution is 0.0599. The summed E-state index contributed by atoms with van der Waals surface area (Å²) < 4.78 is 30.0. The lowest BCUT2D eigenvalue weighted by Crippen LogP contribution is -2.21. The Hall–Kier alpha value is -0.590. The van der Waals surface area contributed by atoms with Gasteiger partial charge in [-0.1, -0.05) is 0 Å². The molecule has 0 spiro atoms. The van der Waals surface area contributed by atoms with Gasteiger partial charge < -0.3 is 4.74 Å². The summed E-state index contributed by atoms with van der Waals surface area (Å²) in [6, 6.07) is 0. The Kier molecular flexibility index (Phi) is 3.99. The van der Waals surface area contributed by atoms with Gasteiger partial charge in [-0.2, -0.15) is 5.10 Å². The fourth-order valence-electron chi connectivity index (χ4n) is 2.38. The van der Waals surface area contributed by atoms with E-state index in [-0.39, 0.29) is 4.90 Å². The van der Waals surface area contributed by atoms with Crippen molar-refractivity contribution in [3.05, 3.63) is 11.4 Å². The second kappa shape index (κ2) is 5.19. The molecule has 1 aromatic heterocycles. The van der Waals surface area contributed by atoms with Gasteiger partial charge in [0.25, 0.3) is 9.05 Å². The minimum absolute atomic E-state index is 0.149. The number of aromatic nitrogens is 2. The third-order valence-corrected chi connectivity index (χ3v) is 4.87. The summed E-state index contributed by atoms with van der Waals surface area (Å²) in [5, 5.41) is 4.28. The molecule has 2 heterocycles. The molecule has 0 aromatic carbocycles. The Labute approximate surface area is 111 Å². The zero-order valence-corrected chi connectivity index (χ0v) is 12.1. The van der Waals surface area contributed by atoms with Gasteiger partial charge in [0, 0.05) is 30.4 Å². The first kappa shape index (κ1) is 13.8. The first-order valence-corrected chi connectivity index (χ1v) is 8.27. The second-order valence-electron chi connectivity index (χ2n) is 4.68. The summed E-state index contributed by atoms with van der Waals surface area (Å²) in [6.45, 7) is 5.68. The average molecular weight is 293 g/mol. The monoisotopic (exact) mass is 292 g/mol. The van der Waals surface area contributed by atoms with Crippen LogP contribution in [0.3, 0.4) is 0 Å². The maximum Gasteiger partial charge on any atom is 0.264 e. The molecule has 0 bridgehead atoms. The van der Waals surface area contributed by atoms with Crippen LogP contribution in [0.15, 0.2) is 4.90 Å². The molecule has 0 unspecified atom stereocenters. The standard InChI is InChI=1S/C11H17ClN2O3S/c1-8-11(18(12,15)16)9(2)14(13-8)7-10-3-5-17-6-4-10/h10H,3-7H2,1-2H3. The van der Waals surface area contributed by atoms with Crippen LogP contribution in [0.25, 0.3) is 0 Å². The number of halogens is 1. The number of ether oxygens (including phenoxy) is 1. The van der Waals surface area contributed by atoms with Gasteiger partial charge in [0.05, 0.1) is 11.4 Å². The molecule has 7 heteroatoms. The summed E-state index contributed by atoms with van der Waals surface area (Å²) in [5.74, 6) is 0.489. The molecule has 0 amide bonds. The van der Waals surface area contributed by atoms with Crippen molar-refractivity contribution in [3.63, 3.8) is 0 Å². The Balaban J connectivity index is 2.24. The van der Waals surface area contributed by atoms with E-state index in [1.165, 1.54) is 0 Å². The highest BCUT2D eigenvalue weighted by Gasteiger charge is 2.24. The molecule has 102 valence electrons. The number of nitrogens with zero attached hydrogens (tertiary/aromatic N) is 2. The molecule has 0 aliphatic carbocycles. The van der Waals surface area contributed by atoms with E-state index in [9.17, 15) is 8.42 Å². The van der Waals surface area contributed by atoms with E-state index in [1.54, 1.807) is 18.5 Å². The molecule has 0 saturated carbocycles. The van der Waals surface area contributed by atoms with Crippen LogP contribution in [0.5, 0.6) is 0 Å². The first-order chi connectivity index (χ1) is 8.39. The summed E-state index contributed by atoms with van der Waals surface area (Å²) in [7, 11) is 1.70. The van der Waals surface area contributed by atoms with Crippen LogP contribution in [0.1, 0.15) is 24.2 Å². The molecule has 0 N–H and O–H groups in total. The van der Waals surface area contributed by atoms with Crippen molar-refractivity contribution >= 4 is 19.7 Å². The highest BCUT2D eigenvalue weighted by molar-refractivity contribution is 8.13. The minimum atomic E-state index is -3.72. The van der Waals surface area contributed by atoms with Crippen molar-refractivity contribution in [1.82, 2.24) is 9.78 Å². The molecule has 1 saturated heterocycles. The molecule has 0 atom stereocenters. The van der Waals surface area contributed by atoms with E-state index in [0.717, 1.165) is 32.6 Å². The number of rotatable bonds is 3. The molecule has 2 rings (SSSR count). The van der Waals surface area contributed by atoms with E-state index in [4.69, 9.17) is 15.4 Å². The number of hydrogen-bond donors (Lipinski definition) is 0.